The summed E-state index contributed by atoms with van der Waals surface area (Å²) < 4.78 is 6.08. The topological polar surface area (TPSA) is 63.6 Å². The molecule has 1 aromatic rings. The van der Waals surface area contributed by atoms with Crippen LogP contribution in [0.5, 0.6) is 0 Å². The van der Waals surface area contributed by atoms with Crippen molar-refractivity contribution in [3.63, 3.8) is 0 Å². The number of hydrogen-bond acceptors (Lipinski definition) is 4. The first-order valence-electron chi connectivity index (χ1n) is 11.6. The molecule has 0 heterocycles. The Labute approximate surface area is 178 Å². The van der Waals surface area contributed by atoms with E-state index < -0.39 is 0 Å². The van der Waals surface area contributed by atoms with E-state index in [1.807, 2.05) is 36.4 Å². The number of fused-ring (bicyclic) bond motifs is 5. The third kappa shape index (κ3) is 2.90. The normalized spacial score (nSPS) is 40.1. The van der Waals surface area contributed by atoms with Gasteiger partial charge in [-0.25, -0.2) is 4.79 Å². The van der Waals surface area contributed by atoms with Gasteiger partial charge in [-0.15, -0.1) is 0 Å². The highest BCUT2D eigenvalue weighted by Crippen LogP contribution is 2.65. The van der Waals surface area contributed by atoms with E-state index >= 15 is 0 Å². The minimum Gasteiger partial charge on any atom is -0.458 e. The molecule has 1 N–H and O–H groups in total. The molecule has 1 aromatic carbocycles. The summed E-state index contributed by atoms with van der Waals surface area (Å²) in [6, 6.07) is 9.29. The Morgan fingerprint density at radius 2 is 1.87 bits per heavy atom. The highest BCUT2D eigenvalue weighted by molar-refractivity contribution is 5.91. The molecule has 4 aliphatic carbocycles. The van der Waals surface area contributed by atoms with Gasteiger partial charge in [-0.1, -0.05) is 30.7 Å². The fraction of sp³-hybridized carbons (Fsp3) is 0.615. The summed E-state index contributed by atoms with van der Waals surface area (Å²) in [5.74, 6) is 1.52. The van der Waals surface area contributed by atoms with E-state index in [4.69, 9.17) is 4.74 Å². The average Bonchev–Trinajstić information content (AvgIpc) is 3.10. The summed E-state index contributed by atoms with van der Waals surface area (Å²) in [5, 5.41) is 10.5. The Morgan fingerprint density at radius 1 is 1.07 bits per heavy atom. The molecule has 0 bridgehead atoms. The van der Waals surface area contributed by atoms with Crippen LogP contribution in [0.3, 0.4) is 0 Å². The van der Waals surface area contributed by atoms with Crippen molar-refractivity contribution < 1.29 is 19.4 Å². The summed E-state index contributed by atoms with van der Waals surface area (Å²) in [6.45, 7) is 2.48. The smallest absolute Gasteiger partial charge is 0.338 e. The highest BCUT2D eigenvalue weighted by Gasteiger charge is 2.61. The molecule has 0 aliphatic heterocycles. The van der Waals surface area contributed by atoms with Gasteiger partial charge in [0.05, 0.1) is 12.2 Å². The van der Waals surface area contributed by atoms with E-state index in [9.17, 15) is 14.7 Å². The van der Waals surface area contributed by atoms with Gasteiger partial charge in [0.1, 0.15) is 6.10 Å². The van der Waals surface area contributed by atoms with E-state index in [1.165, 1.54) is 5.57 Å². The van der Waals surface area contributed by atoms with E-state index in [1.54, 1.807) is 0 Å². The van der Waals surface area contributed by atoms with Gasteiger partial charge < -0.3 is 9.84 Å². The van der Waals surface area contributed by atoms with E-state index in [2.05, 4.69) is 6.92 Å². The number of hydrogen-bond donors (Lipinski definition) is 1. The van der Waals surface area contributed by atoms with E-state index in [0.717, 1.165) is 44.9 Å². The average molecular weight is 409 g/mol. The monoisotopic (exact) mass is 408 g/mol. The van der Waals surface area contributed by atoms with Crippen LogP contribution in [0.4, 0.5) is 0 Å². The maximum atomic E-state index is 12.7. The summed E-state index contributed by atoms with van der Waals surface area (Å²) in [4.78, 5) is 24.7. The molecule has 0 amide bonds. The second-order valence-electron chi connectivity index (χ2n) is 10.2. The van der Waals surface area contributed by atoms with Gasteiger partial charge in [0, 0.05) is 17.3 Å². The number of ketones is 1. The lowest BCUT2D eigenvalue weighted by molar-refractivity contribution is -0.120. The van der Waals surface area contributed by atoms with Crippen LogP contribution in [0, 0.1) is 28.6 Å². The molecule has 0 unspecified atom stereocenters. The first-order chi connectivity index (χ1) is 14.5. The van der Waals surface area contributed by atoms with Crippen LogP contribution < -0.4 is 0 Å². The summed E-state index contributed by atoms with van der Waals surface area (Å²) in [7, 11) is 0. The summed E-state index contributed by atoms with van der Waals surface area (Å²) >= 11 is 0. The minimum absolute atomic E-state index is 0.00789. The number of rotatable bonds is 3. The molecular weight excluding hydrogens is 376 g/mol. The Morgan fingerprint density at radius 3 is 2.63 bits per heavy atom. The molecule has 0 spiro atoms. The Kier molecular flexibility index (Phi) is 4.89. The molecule has 5 rings (SSSR count). The number of benzene rings is 1. The van der Waals surface area contributed by atoms with Crippen LogP contribution in [0.1, 0.15) is 68.6 Å². The predicted molar refractivity (Wildman–Crippen MR) is 114 cm³/mol. The number of carbonyl (C=O) groups excluding carboxylic acids is 2. The van der Waals surface area contributed by atoms with Crippen molar-refractivity contribution in [1.82, 2.24) is 0 Å². The van der Waals surface area contributed by atoms with Gasteiger partial charge in [0.15, 0.2) is 5.78 Å². The van der Waals surface area contributed by atoms with Crippen molar-refractivity contribution >= 4 is 11.8 Å². The standard InChI is InChI=1S/C26H32O4/c1-25-13-12-22-20(8-7-18-15-19(28)11-14-26(18,22)16-27)21(25)9-10-23(25)30-24(29)17-5-3-2-4-6-17/h2-6,15,20-23,27H,7-14,16H2,1H3/t20-,21+,22-,23+,25-,26+/m1/s1. The molecule has 4 heteroatoms. The minimum atomic E-state index is -0.212. The summed E-state index contributed by atoms with van der Waals surface area (Å²) in [5.41, 5.74) is 1.64. The van der Waals surface area contributed by atoms with Gasteiger partial charge in [-0.3, -0.25) is 4.79 Å². The first kappa shape index (κ1) is 20.0. The molecule has 3 fully saturated rings. The van der Waals surface area contributed by atoms with Crippen LogP contribution in [-0.2, 0) is 9.53 Å². The highest BCUT2D eigenvalue weighted by atomic mass is 16.5. The summed E-state index contributed by atoms with van der Waals surface area (Å²) in [6.07, 6.45) is 9.27. The maximum absolute atomic E-state index is 12.7. The van der Waals surface area contributed by atoms with Crippen molar-refractivity contribution in [2.24, 2.45) is 28.6 Å². The lowest BCUT2D eigenvalue weighted by Crippen LogP contribution is -2.53. The predicted octanol–water partition coefficient (Wildman–Crippen LogP) is 4.72. The van der Waals surface area contributed by atoms with Gasteiger partial charge in [0.25, 0.3) is 0 Å². The van der Waals surface area contributed by atoms with Crippen molar-refractivity contribution in [2.45, 2.75) is 64.4 Å². The van der Waals surface area contributed by atoms with Crippen molar-refractivity contribution in [2.75, 3.05) is 6.61 Å². The molecule has 4 nitrogen and oxygen atoms in total. The first-order valence-corrected chi connectivity index (χ1v) is 11.6. The number of aliphatic hydroxyl groups excluding tert-OH is 1. The fourth-order valence-corrected chi connectivity index (χ4v) is 7.57. The fourth-order valence-electron chi connectivity index (χ4n) is 7.57. The van der Waals surface area contributed by atoms with Crippen LogP contribution in [-0.4, -0.2) is 29.6 Å². The zero-order chi connectivity index (χ0) is 20.9. The van der Waals surface area contributed by atoms with Crippen LogP contribution in [0.2, 0.25) is 0 Å². The number of carbonyl (C=O) groups is 2. The van der Waals surface area contributed by atoms with E-state index in [0.29, 0.717) is 29.7 Å². The SMILES string of the molecule is C[C@@]12CC[C@@H]3[C@H](CCC4=CC(=O)CC[C@]43CO)[C@@H]1CC[C@@H]2OC(=O)c1ccccc1. The third-order valence-electron chi connectivity index (χ3n) is 9.14. The van der Waals surface area contributed by atoms with Crippen molar-refractivity contribution in [1.29, 1.82) is 0 Å². The Balaban J connectivity index is 1.38. The molecular formula is C26H32O4. The van der Waals surface area contributed by atoms with Gasteiger partial charge in [-0.2, -0.15) is 0 Å². The van der Waals surface area contributed by atoms with Crippen LogP contribution >= 0.6 is 0 Å². The molecule has 30 heavy (non-hydrogen) atoms. The zero-order valence-electron chi connectivity index (χ0n) is 17.8. The van der Waals surface area contributed by atoms with E-state index in [-0.39, 0.29) is 35.3 Å². The second kappa shape index (κ2) is 7.33. The quantitative estimate of drug-likeness (QED) is 0.736. The van der Waals surface area contributed by atoms with Crippen molar-refractivity contribution in [3.05, 3.63) is 47.5 Å². The lowest BCUT2D eigenvalue weighted by Gasteiger charge is -2.58. The Bertz CT molecular complexity index is 874. The maximum Gasteiger partial charge on any atom is 0.338 e. The molecule has 4 aliphatic rings. The molecule has 3 saturated carbocycles. The lowest BCUT2D eigenvalue weighted by atomic mass is 9.47. The zero-order valence-corrected chi connectivity index (χ0v) is 17.8. The number of ether oxygens (including phenoxy) is 1. The van der Waals surface area contributed by atoms with Gasteiger partial charge in [0.2, 0.25) is 0 Å². The van der Waals surface area contributed by atoms with Gasteiger partial charge >= 0.3 is 5.97 Å². The Hall–Kier alpha value is -1.94. The molecule has 160 valence electrons. The largest absolute Gasteiger partial charge is 0.458 e. The van der Waals surface area contributed by atoms with Crippen molar-refractivity contribution in [3.8, 4) is 0 Å². The molecule has 0 aromatic heterocycles. The molecule has 0 radical (unpaired) electrons. The van der Waals surface area contributed by atoms with Gasteiger partial charge in [-0.05, 0) is 80.9 Å². The third-order valence-corrected chi connectivity index (χ3v) is 9.14. The van der Waals surface area contributed by atoms with Crippen LogP contribution in [0.25, 0.3) is 0 Å². The second-order valence-corrected chi connectivity index (χ2v) is 10.2. The molecule has 0 saturated heterocycles. The number of esters is 1. The van der Waals surface area contributed by atoms with Crippen LogP contribution in [0.15, 0.2) is 42.0 Å². The molecule has 6 atom stereocenters. The number of aliphatic hydroxyl groups is 1.